The molecular formula is C22H21N5OS. The Hall–Kier alpha value is -3.32. The van der Waals surface area contributed by atoms with E-state index in [2.05, 4.69) is 20.4 Å². The molecule has 0 saturated heterocycles. The molecule has 29 heavy (non-hydrogen) atoms. The fourth-order valence-electron chi connectivity index (χ4n) is 3.09. The van der Waals surface area contributed by atoms with Crippen LogP contribution in [-0.4, -0.2) is 32.2 Å². The van der Waals surface area contributed by atoms with Gasteiger partial charge in [0.15, 0.2) is 0 Å². The first-order valence-corrected chi connectivity index (χ1v) is 10.3. The van der Waals surface area contributed by atoms with Crippen molar-refractivity contribution >= 4 is 17.2 Å². The summed E-state index contributed by atoms with van der Waals surface area (Å²) >= 11 is 1.58. The van der Waals surface area contributed by atoms with Crippen molar-refractivity contribution in [2.24, 2.45) is 0 Å². The van der Waals surface area contributed by atoms with Crippen molar-refractivity contribution in [1.82, 2.24) is 25.1 Å². The normalized spacial score (nSPS) is 10.8. The number of aryl methyl sites for hydroxylation is 2. The lowest BCUT2D eigenvalue weighted by molar-refractivity contribution is 0.0954. The van der Waals surface area contributed by atoms with Crippen molar-refractivity contribution in [2.45, 2.75) is 20.3 Å². The van der Waals surface area contributed by atoms with Crippen molar-refractivity contribution in [3.63, 3.8) is 0 Å². The van der Waals surface area contributed by atoms with Crippen LogP contribution in [0.1, 0.15) is 26.8 Å². The highest BCUT2D eigenvalue weighted by atomic mass is 32.1. The van der Waals surface area contributed by atoms with Crippen molar-refractivity contribution in [1.29, 1.82) is 0 Å². The van der Waals surface area contributed by atoms with Crippen molar-refractivity contribution in [2.75, 3.05) is 6.54 Å². The molecular weight excluding hydrogens is 382 g/mol. The molecule has 0 aliphatic carbocycles. The lowest BCUT2D eigenvalue weighted by Gasteiger charge is -2.07. The van der Waals surface area contributed by atoms with Crippen LogP contribution in [0.15, 0.2) is 60.1 Å². The molecule has 6 nitrogen and oxygen atoms in total. The first kappa shape index (κ1) is 19.0. The van der Waals surface area contributed by atoms with E-state index in [1.807, 2.05) is 72.4 Å². The monoisotopic (exact) mass is 403 g/mol. The molecule has 1 N–H and O–H groups in total. The molecule has 0 fully saturated rings. The van der Waals surface area contributed by atoms with E-state index in [1.54, 1.807) is 17.5 Å². The maximum atomic E-state index is 12.4. The first-order valence-electron chi connectivity index (χ1n) is 9.38. The summed E-state index contributed by atoms with van der Waals surface area (Å²) in [7, 11) is 0. The third-order valence-electron chi connectivity index (χ3n) is 4.49. The second-order valence-electron chi connectivity index (χ2n) is 6.73. The number of rotatable bonds is 6. The molecule has 1 amide bonds. The molecule has 4 rings (SSSR count). The van der Waals surface area contributed by atoms with Gasteiger partial charge in [-0.2, -0.15) is 5.10 Å². The maximum absolute atomic E-state index is 12.4. The minimum Gasteiger partial charge on any atom is -0.352 e. The third-order valence-corrected chi connectivity index (χ3v) is 5.40. The Morgan fingerprint density at radius 2 is 1.93 bits per heavy atom. The van der Waals surface area contributed by atoms with Gasteiger partial charge in [0.05, 0.1) is 27.8 Å². The van der Waals surface area contributed by atoms with E-state index in [9.17, 15) is 4.79 Å². The quantitative estimate of drug-likeness (QED) is 0.529. The van der Waals surface area contributed by atoms with Gasteiger partial charge in [-0.05, 0) is 56.3 Å². The van der Waals surface area contributed by atoms with Gasteiger partial charge in [0, 0.05) is 35.8 Å². The second-order valence-corrected chi connectivity index (χ2v) is 7.68. The molecule has 0 saturated carbocycles. The van der Waals surface area contributed by atoms with Crippen LogP contribution in [0.25, 0.3) is 17.1 Å². The predicted molar refractivity (Wildman–Crippen MR) is 114 cm³/mol. The SMILES string of the molecule is Cc1cc(C)n(-c2ccc(C(=O)NCCc3nc(-c4ccccn4)cs3)cc2)n1. The van der Waals surface area contributed by atoms with Crippen LogP contribution < -0.4 is 5.32 Å². The summed E-state index contributed by atoms with van der Waals surface area (Å²) in [6, 6.07) is 15.3. The standard InChI is InChI=1S/C22H21N5OS/c1-15-13-16(2)27(26-15)18-8-6-17(7-9-18)22(28)24-12-10-21-25-20(14-29-21)19-5-3-4-11-23-19/h3-9,11,13-14H,10,12H2,1-2H3,(H,24,28). The lowest BCUT2D eigenvalue weighted by atomic mass is 10.2. The van der Waals surface area contributed by atoms with Gasteiger partial charge in [0.25, 0.3) is 5.91 Å². The van der Waals surface area contributed by atoms with Gasteiger partial charge in [0.2, 0.25) is 0 Å². The van der Waals surface area contributed by atoms with Crippen LogP contribution >= 0.6 is 11.3 Å². The molecule has 0 spiro atoms. The van der Waals surface area contributed by atoms with E-state index in [0.717, 1.165) is 33.5 Å². The average molecular weight is 404 g/mol. The zero-order valence-electron chi connectivity index (χ0n) is 16.3. The van der Waals surface area contributed by atoms with Crippen LogP contribution in [0.5, 0.6) is 0 Å². The zero-order chi connectivity index (χ0) is 20.2. The Morgan fingerprint density at radius 3 is 2.62 bits per heavy atom. The number of carbonyl (C=O) groups is 1. The van der Waals surface area contributed by atoms with Crippen LogP contribution in [0.4, 0.5) is 0 Å². The molecule has 0 bridgehead atoms. The first-order chi connectivity index (χ1) is 14.1. The second kappa shape index (κ2) is 8.36. The van der Waals surface area contributed by atoms with Gasteiger partial charge >= 0.3 is 0 Å². The molecule has 3 heterocycles. The molecule has 1 aromatic carbocycles. The van der Waals surface area contributed by atoms with E-state index in [4.69, 9.17) is 0 Å². The molecule has 0 radical (unpaired) electrons. The molecule has 0 aliphatic rings. The Kier molecular flexibility index (Phi) is 5.48. The van der Waals surface area contributed by atoms with Gasteiger partial charge in [-0.3, -0.25) is 9.78 Å². The van der Waals surface area contributed by atoms with Gasteiger partial charge in [-0.15, -0.1) is 11.3 Å². The highest BCUT2D eigenvalue weighted by molar-refractivity contribution is 7.09. The predicted octanol–water partition coefficient (Wildman–Crippen LogP) is 3.98. The number of benzene rings is 1. The fourth-order valence-corrected chi connectivity index (χ4v) is 3.88. The molecule has 7 heteroatoms. The van der Waals surface area contributed by atoms with Crippen molar-refractivity contribution in [3.05, 3.63) is 82.1 Å². The summed E-state index contributed by atoms with van der Waals surface area (Å²) in [5.74, 6) is -0.0913. The van der Waals surface area contributed by atoms with E-state index in [-0.39, 0.29) is 5.91 Å². The summed E-state index contributed by atoms with van der Waals surface area (Å²) in [6.45, 7) is 4.51. The van der Waals surface area contributed by atoms with Crippen LogP contribution in [0, 0.1) is 13.8 Å². The largest absolute Gasteiger partial charge is 0.352 e. The Bertz CT molecular complexity index is 1120. The molecule has 4 aromatic rings. The number of pyridine rings is 1. The number of amides is 1. The lowest BCUT2D eigenvalue weighted by Crippen LogP contribution is -2.25. The van der Waals surface area contributed by atoms with E-state index in [0.29, 0.717) is 18.5 Å². The highest BCUT2D eigenvalue weighted by Gasteiger charge is 2.09. The van der Waals surface area contributed by atoms with Crippen LogP contribution in [0.2, 0.25) is 0 Å². The smallest absolute Gasteiger partial charge is 0.251 e. The zero-order valence-corrected chi connectivity index (χ0v) is 17.1. The van der Waals surface area contributed by atoms with Gasteiger partial charge in [-0.25, -0.2) is 9.67 Å². The highest BCUT2D eigenvalue weighted by Crippen LogP contribution is 2.19. The molecule has 0 aliphatic heterocycles. The van der Waals surface area contributed by atoms with Gasteiger partial charge in [0.1, 0.15) is 0 Å². The van der Waals surface area contributed by atoms with E-state index < -0.39 is 0 Å². The number of nitrogens with one attached hydrogen (secondary N) is 1. The summed E-state index contributed by atoms with van der Waals surface area (Å²) in [5.41, 5.74) is 5.34. The summed E-state index contributed by atoms with van der Waals surface area (Å²) < 4.78 is 1.87. The van der Waals surface area contributed by atoms with Gasteiger partial charge < -0.3 is 5.32 Å². The Balaban J connectivity index is 1.33. The van der Waals surface area contributed by atoms with E-state index >= 15 is 0 Å². The van der Waals surface area contributed by atoms with Crippen molar-refractivity contribution < 1.29 is 4.79 Å². The van der Waals surface area contributed by atoms with Crippen molar-refractivity contribution in [3.8, 4) is 17.1 Å². The molecule has 3 aromatic heterocycles. The number of thiazole rings is 1. The summed E-state index contributed by atoms with van der Waals surface area (Å²) in [5, 5.41) is 10.4. The Labute approximate surface area is 173 Å². The molecule has 146 valence electrons. The number of aromatic nitrogens is 4. The summed E-state index contributed by atoms with van der Waals surface area (Å²) in [4.78, 5) is 21.3. The van der Waals surface area contributed by atoms with Gasteiger partial charge in [-0.1, -0.05) is 6.07 Å². The minimum atomic E-state index is -0.0913. The maximum Gasteiger partial charge on any atom is 0.251 e. The summed E-state index contributed by atoms with van der Waals surface area (Å²) in [6.07, 6.45) is 2.45. The Morgan fingerprint density at radius 1 is 1.10 bits per heavy atom. The topological polar surface area (TPSA) is 72.7 Å². The van der Waals surface area contributed by atoms with E-state index in [1.165, 1.54) is 0 Å². The molecule has 0 atom stereocenters. The number of carbonyl (C=O) groups excluding carboxylic acids is 1. The minimum absolute atomic E-state index is 0.0913. The third kappa shape index (κ3) is 4.41. The van der Waals surface area contributed by atoms with Crippen LogP contribution in [-0.2, 0) is 6.42 Å². The fraction of sp³-hybridized carbons (Fsp3) is 0.182. The molecule has 0 unspecified atom stereocenters. The van der Waals surface area contributed by atoms with Crippen LogP contribution in [0.3, 0.4) is 0 Å². The number of hydrogen-bond acceptors (Lipinski definition) is 5. The number of hydrogen-bond donors (Lipinski definition) is 1. The number of nitrogens with zero attached hydrogens (tertiary/aromatic N) is 4. The average Bonchev–Trinajstić information content (AvgIpc) is 3.35.